The minimum atomic E-state index is -1.10. The summed E-state index contributed by atoms with van der Waals surface area (Å²) in [5.41, 5.74) is 2.84. The van der Waals surface area contributed by atoms with Gasteiger partial charge >= 0.3 is 12.1 Å². The molecule has 168 valence electrons. The van der Waals surface area contributed by atoms with Gasteiger partial charge in [-0.1, -0.05) is 48.5 Å². The third-order valence-electron chi connectivity index (χ3n) is 6.30. The fourth-order valence-corrected chi connectivity index (χ4v) is 4.25. The molecule has 32 heavy (non-hydrogen) atoms. The number of alkyl carbamates (subject to hydrolysis) is 1. The van der Waals surface area contributed by atoms with E-state index in [1.165, 1.54) is 11.1 Å². The highest BCUT2D eigenvalue weighted by Crippen LogP contribution is 2.44. The molecule has 0 aliphatic heterocycles. The van der Waals surface area contributed by atoms with E-state index >= 15 is 0 Å². The average molecular weight is 437 g/mol. The fourth-order valence-electron chi connectivity index (χ4n) is 4.25. The van der Waals surface area contributed by atoms with E-state index in [-0.39, 0.29) is 24.9 Å². The summed E-state index contributed by atoms with van der Waals surface area (Å²) in [5, 5.41) is 14.6. The Hall–Kier alpha value is -3.35. The molecule has 2 aliphatic carbocycles. The van der Waals surface area contributed by atoms with Gasteiger partial charge in [-0.15, -0.1) is 0 Å². The third kappa shape index (κ3) is 4.47. The number of benzene rings is 2. The second-order valence-corrected chi connectivity index (χ2v) is 9.27. The van der Waals surface area contributed by atoms with E-state index in [0.717, 1.165) is 11.1 Å². The SMILES string of the molecule is CC(C)(CCC(=O)NC1(C(=O)O)CC1)NC(=O)OCC1c2ccccc2-c2ccccc21. The summed E-state index contributed by atoms with van der Waals surface area (Å²) in [6, 6.07) is 16.3. The second-order valence-electron chi connectivity index (χ2n) is 9.27. The van der Waals surface area contributed by atoms with E-state index in [4.69, 9.17) is 4.74 Å². The zero-order valence-corrected chi connectivity index (χ0v) is 18.3. The predicted octanol–water partition coefficient (Wildman–Crippen LogP) is 3.82. The highest BCUT2D eigenvalue weighted by atomic mass is 16.5. The summed E-state index contributed by atoms with van der Waals surface area (Å²) in [7, 11) is 0. The van der Waals surface area contributed by atoms with Crippen LogP contribution in [0.3, 0.4) is 0 Å². The molecule has 7 heteroatoms. The van der Waals surface area contributed by atoms with Crippen molar-refractivity contribution in [1.82, 2.24) is 10.6 Å². The lowest BCUT2D eigenvalue weighted by atomic mass is 9.98. The first-order valence-electron chi connectivity index (χ1n) is 10.9. The first kappa shape index (κ1) is 21.9. The number of carboxylic acids is 1. The molecule has 2 amide bonds. The Morgan fingerprint density at radius 1 is 1.03 bits per heavy atom. The molecule has 4 rings (SSSR count). The van der Waals surface area contributed by atoms with E-state index < -0.39 is 23.1 Å². The number of carbonyl (C=O) groups excluding carboxylic acids is 2. The number of carbonyl (C=O) groups is 3. The molecule has 0 atom stereocenters. The third-order valence-corrected chi connectivity index (χ3v) is 6.30. The average Bonchev–Trinajstić information content (AvgIpc) is 3.47. The van der Waals surface area contributed by atoms with Gasteiger partial charge in [0.25, 0.3) is 0 Å². The van der Waals surface area contributed by atoms with E-state index in [0.29, 0.717) is 19.3 Å². The zero-order chi connectivity index (χ0) is 22.9. The maximum atomic E-state index is 12.5. The van der Waals surface area contributed by atoms with Gasteiger partial charge in [-0.3, -0.25) is 4.79 Å². The Morgan fingerprint density at radius 3 is 2.12 bits per heavy atom. The van der Waals surface area contributed by atoms with E-state index in [1.807, 2.05) is 38.1 Å². The Kier molecular flexibility index (Phi) is 5.67. The molecule has 7 nitrogen and oxygen atoms in total. The van der Waals surface area contributed by atoms with Gasteiger partial charge in [0.15, 0.2) is 0 Å². The molecule has 0 bridgehead atoms. The summed E-state index contributed by atoms with van der Waals surface area (Å²) in [6.07, 6.45) is 0.844. The van der Waals surface area contributed by atoms with Gasteiger partial charge in [0.05, 0.1) is 0 Å². The first-order chi connectivity index (χ1) is 15.2. The van der Waals surface area contributed by atoms with E-state index in [9.17, 15) is 19.5 Å². The number of rotatable bonds is 8. The number of hydrogen-bond donors (Lipinski definition) is 3. The fraction of sp³-hybridized carbons (Fsp3) is 0.400. The van der Waals surface area contributed by atoms with Crippen LogP contribution in [0.15, 0.2) is 48.5 Å². The van der Waals surface area contributed by atoms with Gasteiger partial charge in [0, 0.05) is 17.9 Å². The summed E-state index contributed by atoms with van der Waals surface area (Å²) in [5.74, 6) is -1.35. The number of carboxylic acid groups (broad SMARTS) is 1. The van der Waals surface area contributed by atoms with Crippen LogP contribution < -0.4 is 10.6 Å². The van der Waals surface area contributed by atoms with Gasteiger partial charge < -0.3 is 20.5 Å². The van der Waals surface area contributed by atoms with Gasteiger partial charge in [0.1, 0.15) is 12.1 Å². The van der Waals surface area contributed by atoms with Crippen molar-refractivity contribution in [2.75, 3.05) is 6.61 Å². The smallest absolute Gasteiger partial charge is 0.407 e. The largest absolute Gasteiger partial charge is 0.480 e. The highest BCUT2D eigenvalue weighted by Gasteiger charge is 2.51. The lowest BCUT2D eigenvalue weighted by Crippen LogP contribution is -2.46. The topological polar surface area (TPSA) is 105 Å². The molecule has 0 heterocycles. The number of amides is 2. The molecule has 0 aromatic heterocycles. The quantitative estimate of drug-likeness (QED) is 0.584. The Bertz CT molecular complexity index is 1010. The number of hydrogen-bond acceptors (Lipinski definition) is 4. The summed E-state index contributed by atoms with van der Waals surface area (Å²) < 4.78 is 5.58. The van der Waals surface area contributed by atoms with Crippen LogP contribution in [-0.2, 0) is 14.3 Å². The van der Waals surface area contributed by atoms with Gasteiger partial charge in [0.2, 0.25) is 5.91 Å². The molecule has 3 N–H and O–H groups in total. The summed E-state index contributed by atoms with van der Waals surface area (Å²) in [4.78, 5) is 35.9. The molecule has 1 saturated carbocycles. The van der Waals surface area contributed by atoms with Crippen molar-refractivity contribution < 1.29 is 24.2 Å². The molecular formula is C25H28N2O5. The number of fused-ring (bicyclic) bond motifs is 3. The van der Waals surface area contributed by atoms with Crippen molar-refractivity contribution in [3.05, 3.63) is 59.7 Å². The standard InChI is InChI=1S/C25H28N2O5/c1-24(2,12-11-21(28)26-25(13-14-25)22(29)30)27-23(31)32-15-20-18-9-5-3-7-16(18)17-8-4-6-10-19(17)20/h3-10,20H,11-15H2,1-2H3,(H,26,28)(H,27,31)(H,29,30). The summed E-state index contributed by atoms with van der Waals surface area (Å²) in [6.45, 7) is 3.84. The molecule has 2 aromatic rings. The van der Waals surface area contributed by atoms with Gasteiger partial charge in [-0.25, -0.2) is 9.59 Å². The normalized spacial score (nSPS) is 15.9. The second kappa shape index (κ2) is 8.30. The van der Waals surface area contributed by atoms with Crippen molar-refractivity contribution in [3.63, 3.8) is 0 Å². The van der Waals surface area contributed by atoms with Crippen LogP contribution in [0.5, 0.6) is 0 Å². The maximum absolute atomic E-state index is 12.5. The molecule has 2 aromatic carbocycles. The molecule has 0 radical (unpaired) electrons. The number of aliphatic carboxylic acids is 1. The van der Waals surface area contributed by atoms with Crippen molar-refractivity contribution in [1.29, 1.82) is 0 Å². The molecular weight excluding hydrogens is 408 g/mol. The zero-order valence-electron chi connectivity index (χ0n) is 18.3. The van der Waals surface area contributed by atoms with Crippen molar-refractivity contribution in [2.45, 2.75) is 56.5 Å². The minimum Gasteiger partial charge on any atom is -0.480 e. The maximum Gasteiger partial charge on any atom is 0.407 e. The van der Waals surface area contributed by atoms with Crippen LogP contribution in [0.25, 0.3) is 11.1 Å². The van der Waals surface area contributed by atoms with Crippen molar-refractivity contribution in [3.8, 4) is 11.1 Å². The number of ether oxygens (including phenoxy) is 1. The highest BCUT2D eigenvalue weighted by molar-refractivity contribution is 5.89. The van der Waals surface area contributed by atoms with Gasteiger partial charge in [-0.05, 0) is 55.4 Å². The first-order valence-corrected chi connectivity index (χ1v) is 10.9. The monoisotopic (exact) mass is 436 g/mol. The predicted molar refractivity (Wildman–Crippen MR) is 119 cm³/mol. The molecule has 2 aliphatic rings. The van der Waals surface area contributed by atoms with Crippen molar-refractivity contribution >= 4 is 18.0 Å². The molecule has 1 fully saturated rings. The number of nitrogens with one attached hydrogen (secondary N) is 2. The van der Waals surface area contributed by atoms with Crippen molar-refractivity contribution in [2.24, 2.45) is 0 Å². The summed E-state index contributed by atoms with van der Waals surface area (Å²) >= 11 is 0. The lowest BCUT2D eigenvalue weighted by molar-refractivity contribution is -0.143. The lowest BCUT2D eigenvalue weighted by Gasteiger charge is -2.26. The van der Waals surface area contributed by atoms with Crippen LogP contribution in [0.2, 0.25) is 0 Å². The van der Waals surface area contributed by atoms with Crippen LogP contribution in [0, 0.1) is 0 Å². The minimum absolute atomic E-state index is 0.0206. The molecule has 0 unspecified atom stereocenters. The Balaban J connectivity index is 1.30. The van der Waals surface area contributed by atoms with Crippen LogP contribution in [0.4, 0.5) is 4.79 Å². The van der Waals surface area contributed by atoms with E-state index in [1.54, 1.807) is 0 Å². The van der Waals surface area contributed by atoms with Gasteiger partial charge in [-0.2, -0.15) is 0 Å². The Morgan fingerprint density at radius 2 is 1.59 bits per heavy atom. The van der Waals surface area contributed by atoms with Crippen LogP contribution >= 0.6 is 0 Å². The van der Waals surface area contributed by atoms with E-state index in [2.05, 4.69) is 34.9 Å². The molecule has 0 saturated heterocycles. The molecule has 0 spiro atoms. The Labute approximate surface area is 187 Å². The van der Waals surface area contributed by atoms with Crippen LogP contribution in [-0.4, -0.2) is 40.8 Å². The van der Waals surface area contributed by atoms with Crippen LogP contribution in [0.1, 0.15) is 56.6 Å².